The van der Waals surface area contributed by atoms with Crippen LogP contribution < -0.4 is 4.74 Å². The van der Waals surface area contributed by atoms with Crippen LogP contribution in [0.5, 0.6) is 5.75 Å². The Bertz CT molecular complexity index is 570. The van der Waals surface area contributed by atoms with E-state index in [0.717, 1.165) is 28.9 Å². The van der Waals surface area contributed by atoms with E-state index in [2.05, 4.69) is 47.8 Å². The van der Waals surface area contributed by atoms with Crippen LogP contribution in [-0.2, 0) is 0 Å². The van der Waals surface area contributed by atoms with Crippen molar-refractivity contribution >= 4 is 70.7 Å². The molecule has 0 fully saturated rings. The summed E-state index contributed by atoms with van der Waals surface area (Å²) in [6.07, 6.45) is 0. The zero-order chi connectivity index (χ0) is 13.3. The molecule has 0 saturated heterocycles. The lowest BCUT2D eigenvalue weighted by atomic mass is 10.1. The molecule has 1 unspecified atom stereocenters. The number of ether oxygens (including phenoxy) is 1. The summed E-state index contributed by atoms with van der Waals surface area (Å²) >= 11 is 18.6. The summed E-state index contributed by atoms with van der Waals surface area (Å²) in [4.78, 5) is 0. The van der Waals surface area contributed by atoms with E-state index in [0.29, 0.717) is 0 Å². The monoisotopic (exact) mass is 472 g/mol. The van der Waals surface area contributed by atoms with Crippen LogP contribution in [0.15, 0.2) is 36.3 Å². The number of hydrogen-bond acceptors (Lipinski definition) is 2. The van der Waals surface area contributed by atoms with Crippen molar-refractivity contribution in [2.45, 2.75) is 5.38 Å². The fraction of sp³-hybridized carbons (Fsp3) is 0.167. The van der Waals surface area contributed by atoms with Crippen molar-refractivity contribution in [2.75, 3.05) is 7.11 Å². The Morgan fingerprint density at radius 1 is 1.22 bits per heavy atom. The topological polar surface area (TPSA) is 9.23 Å². The Morgan fingerprint density at radius 2 is 1.94 bits per heavy atom. The van der Waals surface area contributed by atoms with Gasteiger partial charge in [0, 0.05) is 5.56 Å². The number of alkyl halides is 1. The fourth-order valence-corrected chi connectivity index (χ4v) is 5.51. The van der Waals surface area contributed by atoms with E-state index in [9.17, 15) is 0 Å². The summed E-state index contributed by atoms with van der Waals surface area (Å²) in [6, 6.07) is 7.89. The molecule has 0 N–H and O–H groups in total. The van der Waals surface area contributed by atoms with Crippen LogP contribution in [-0.4, -0.2) is 7.11 Å². The lowest BCUT2D eigenvalue weighted by Crippen LogP contribution is -1.93. The minimum absolute atomic E-state index is 0.191. The lowest BCUT2D eigenvalue weighted by molar-refractivity contribution is 0.412. The zero-order valence-electron chi connectivity index (χ0n) is 9.22. The highest BCUT2D eigenvalue weighted by atomic mass is 79.9. The SMILES string of the molecule is COc1ccc(C(Cl)c2cc(Br)sc2Br)cc1Br. The Kier molecular flexibility index (Phi) is 5.17. The maximum atomic E-state index is 6.51. The molecule has 0 aliphatic heterocycles. The number of thiophene rings is 1. The molecule has 1 aromatic carbocycles. The molecule has 0 saturated carbocycles. The van der Waals surface area contributed by atoms with Crippen LogP contribution in [0.3, 0.4) is 0 Å². The van der Waals surface area contributed by atoms with E-state index in [1.165, 1.54) is 0 Å². The molecule has 1 heterocycles. The summed E-state index contributed by atoms with van der Waals surface area (Å²) in [5.74, 6) is 0.799. The second-order valence-electron chi connectivity index (χ2n) is 3.54. The Labute approximate surface area is 140 Å². The van der Waals surface area contributed by atoms with E-state index in [-0.39, 0.29) is 5.38 Å². The average Bonchev–Trinajstić information content (AvgIpc) is 2.67. The fourth-order valence-electron chi connectivity index (χ4n) is 1.55. The molecule has 0 spiro atoms. The molecule has 2 aromatic rings. The van der Waals surface area contributed by atoms with Crippen LogP contribution in [0.1, 0.15) is 16.5 Å². The maximum absolute atomic E-state index is 6.51. The summed E-state index contributed by atoms with van der Waals surface area (Å²) < 4.78 is 8.21. The van der Waals surface area contributed by atoms with Crippen LogP contribution in [0.25, 0.3) is 0 Å². The summed E-state index contributed by atoms with van der Waals surface area (Å²) in [5.41, 5.74) is 2.08. The molecule has 6 heteroatoms. The zero-order valence-corrected chi connectivity index (χ0v) is 15.5. The summed E-state index contributed by atoms with van der Waals surface area (Å²) in [7, 11) is 1.64. The predicted octanol–water partition coefficient (Wildman–Crippen LogP) is 6.37. The van der Waals surface area contributed by atoms with Gasteiger partial charge in [-0.2, -0.15) is 0 Å². The highest BCUT2D eigenvalue weighted by Crippen LogP contribution is 2.42. The van der Waals surface area contributed by atoms with Gasteiger partial charge in [0.05, 0.1) is 24.5 Å². The Morgan fingerprint density at radius 3 is 2.44 bits per heavy atom. The largest absolute Gasteiger partial charge is 0.496 e. The molecule has 1 nitrogen and oxygen atoms in total. The first-order valence-electron chi connectivity index (χ1n) is 4.95. The normalized spacial score (nSPS) is 12.5. The standard InChI is InChI=1S/C12H8Br3ClOS/c1-17-9-3-2-6(4-8(9)13)11(16)7-5-10(14)18-12(7)15/h2-5,11H,1H3. The van der Waals surface area contributed by atoms with Gasteiger partial charge in [-0.1, -0.05) is 6.07 Å². The van der Waals surface area contributed by atoms with E-state index in [1.807, 2.05) is 24.3 Å². The number of hydrogen-bond donors (Lipinski definition) is 0. The van der Waals surface area contributed by atoms with Gasteiger partial charge in [-0.3, -0.25) is 0 Å². The molecule has 2 rings (SSSR count). The third kappa shape index (κ3) is 3.12. The molecule has 18 heavy (non-hydrogen) atoms. The highest BCUT2D eigenvalue weighted by molar-refractivity contribution is 9.12. The van der Waals surface area contributed by atoms with Gasteiger partial charge < -0.3 is 4.74 Å². The summed E-state index contributed by atoms with van der Waals surface area (Å²) in [5, 5.41) is -0.191. The van der Waals surface area contributed by atoms with E-state index in [1.54, 1.807) is 18.4 Å². The van der Waals surface area contributed by atoms with Crippen LogP contribution in [0.2, 0.25) is 0 Å². The highest BCUT2D eigenvalue weighted by Gasteiger charge is 2.17. The number of halogens is 4. The Balaban J connectivity index is 2.37. The molecule has 1 aromatic heterocycles. The van der Waals surface area contributed by atoms with E-state index >= 15 is 0 Å². The van der Waals surface area contributed by atoms with Gasteiger partial charge in [0.1, 0.15) is 5.75 Å². The van der Waals surface area contributed by atoms with Crippen molar-refractivity contribution in [3.63, 3.8) is 0 Å². The smallest absolute Gasteiger partial charge is 0.133 e. The quantitative estimate of drug-likeness (QED) is 0.469. The van der Waals surface area contributed by atoms with Gasteiger partial charge in [-0.15, -0.1) is 22.9 Å². The van der Waals surface area contributed by atoms with Crippen molar-refractivity contribution in [2.24, 2.45) is 0 Å². The molecule has 0 radical (unpaired) electrons. The second kappa shape index (κ2) is 6.27. The molecule has 96 valence electrons. The minimum Gasteiger partial charge on any atom is -0.496 e. The first-order valence-corrected chi connectivity index (χ1v) is 8.58. The van der Waals surface area contributed by atoms with Gasteiger partial charge in [-0.25, -0.2) is 0 Å². The maximum Gasteiger partial charge on any atom is 0.133 e. The van der Waals surface area contributed by atoms with Gasteiger partial charge >= 0.3 is 0 Å². The number of methoxy groups -OCH3 is 1. The first-order chi connectivity index (χ1) is 8.52. The van der Waals surface area contributed by atoms with Crippen LogP contribution in [0, 0.1) is 0 Å². The van der Waals surface area contributed by atoms with E-state index in [4.69, 9.17) is 16.3 Å². The molecule has 0 amide bonds. The molecule has 0 bridgehead atoms. The van der Waals surface area contributed by atoms with Crippen molar-refractivity contribution in [3.05, 3.63) is 47.4 Å². The van der Waals surface area contributed by atoms with Crippen molar-refractivity contribution in [1.82, 2.24) is 0 Å². The number of benzene rings is 1. The third-order valence-corrected chi connectivity index (χ3v) is 5.92. The van der Waals surface area contributed by atoms with Crippen LogP contribution in [0.4, 0.5) is 0 Å². The van der Waals surface area contributed by atoms with Crippen molar-refractivity contribution in [1.29, 1.82) is 0 Å². The first kappa shape index (κ1) is 14.9. The minimum atomic E-state index is -0.191. The van der Waals surface area contributed by atoms with Crippen LogP contribution >= 0.6 is 70.7 Å². The molecule has 0 aliphatic carbocycles. The van der Waals surface area contributed by atoms with Gasteiger partial charge in [-0.05, 0) is 71.6 Å². The molecular formula is C12H8Br3ClOS. The third-order valence-electron chi connectivity index (χ3n) is 2.42. The van der Waals surface area contributed by atoms with Gasteiger partial charge in [0.15, 0.2) is 0 Å². The second-order valence-corrected chi connectivity index (χ2v) is 8.58. The number of rotatable bonds is 3. The summed E-state index contributed by atoms with van der Waals surface area (Å²) in [6.45, 7) is 0. The average molecular weight is 475 g/mol. The van der Waals surface area contributed by atoms with Gasteiger partial charge in [0.2, 0.25) is 0 Å². The predicted molar refractivity (Wildman–Crippen MR) is 88.1 cm³/mol. The van der Waals surface area contributed by atoms with Crippen molar-refractivity contribution in [3.8, 4) is 5.75 Å². The molecular weight excluding hydrogens is 467 g/mol. The Hall–Kier alpha value is 0.450. The molecule has 1 atom stereocenters. The van der Waals surface area contributed by atoms with Gasteiger partial charge in [0.25, 0.3) is 0 Å². The lowest BCUT2D eigenvalue weighted by Gasteiger charge is -2.11. The van der Waals surface area contributed by atoms with Crippen molar-refractivity contribution < 1.29 is 4.74 Å². The molecule has 0 aliphatic rings. The van der Waals surface area contributed by atoms with E-state index < -0.39 is 0 Å².